The van der Waals surface area contributed by atoms with Crippen LogP contribution in [0.1, 0.15) is 44.2 Å². The molecule has 0 bridgehead atoms. The Labute approximate surface area is 124 Å². The van der Waals surface area contributed by atoms with E-state index >= 15 is 0 Å². The smallest absolute Gasteiger partial charge is 0.130 e. The third kappa shape index (κ3) is 2.75. The van der Waals surface area contributed by atoms with E-state index in [1.165, 1.54) is 54.7 Å². The van der Waals surface area contributed by atoms with Gasteiger partial charge in [-0.15, -0.1) is 11.3 Å². The first-order chi connectivity index (χ1) is 9.75. The van der Waals surface area contributed by atoms with E-state index in [1.807, 2.05) is 11.7 Å². The van der Waals surface area contributed by atoms with Gasteiger partial charge in [0, 0.05) is 11.9 Å². The quantitative estimate of drug-likeness (QED) is 0.859. The Balaban J connectivity index is 1.87. The molecule has 2 N–H and O–H groups in total. The van der Waals surface area contributed by atoms with Gasteiger partial charge in [0.1, 0.15) is 5.82 Å². The molecule has 0 amide bonds. The second kappa shape index (κ2) is 6.00. The van der Waals surface area contributed by atoms with Gasteiger partial charge in [-0.3, -0.25) is 4.68 Å². The number of hydrogen-bond donors (Lipinski definition) is 1. The third-order valence-corrected chi connectivity index (χ3v) is 5.28. The zero-order chi connectivity index (χ0) is 13.9. The molecule has 1 fully saturated rings. The summed E-state index contributed by atoms with van der Waals surface area (Å²) < 4.78 is 1.83. The number of nitrogens with zero attached hydrogens (tertiary/aromatic N) is 2. The van der Waals surface area contributed by atoms with Crippen molar-refractivity contribution in [3.63, 3.8) is 0 Å². The van der Waals surface area contributed by atoms with Crippen LogP contribution in [0, 0.1) is 5.92 Å². The Bertz CT molecular complexity index is 549. The molecule has 4 heteroatoms. The van der Waals surface area contributed by atoms with Crippen molar-refractivity contribution in [2.75, 3.05) is 5.73 Å². The summed E-state index contributed by atoms with van der Waals surface area (Å²) in [6.07, 6.45) is 9.33. The second-order valence-electron chi connectivity index (χ2n) is 5.87. The minimum atomic E-state index is 0.783. The fourth-order valence-corrected chi connectivity index (χ4v) is 4.07. The highest BCUT2D eigenvalue weighted by Gasteiger charge is 2.21. The standard InChI is InChI=1S/C16H23N3S/c1-19-16(17)15(14-9-6-10-20-14)13(18-19)11-12-7-4-2-3-5-8-12/h6,9-10,12H,2-5,7-8,11,17H2,1H3. The van der Waals surface area contributed by atoms with Crippen LogP contribution in [0.2, 0.25) is 0 Å². The van der Waals surface area contributed by atoms with Crippen LogP contribution >= 0.6 is 11.3 Å². The van der Waals surface area contributed by atoms with Crippen molar-refractivity contribution >= 4 is 17.2 Å². The lowest BCUT2D eigenvalue weighted by atomic mass is 9.93. The number of nitrogen functional groups attached to an aromatic ring is 1. The Morgan fingerprint density at radius 1 is 1.30 bits per heavy atom. The van der Waals surface area contributed by atoms with Crippen molar-refractivity contribution < 1.29 is 0 Å². The molecule has 2 heterocycles. The van der Waals surface area contributed by atoms with Crippen molar-refractivity contribution in [1.82, 2.24) is 9.78 Å². The topological polar surface area (TPSA) is 43.8 Å². The zero-order valence-electron chi connectivity index (χ0n) is 12.1. The zero-order valence-corrected chi connectivity index (χ0v) is 13.0. The Morgan fingerprint density at radius 2 is 2.05 bits per heavy atom. The molecule has 2 aromatic rings. The molecule has 2 aromatic heterocycles. The maximum absolute atomic E-state index is 6.24. The molecule has 0 spiro atoms. The Hall–Kier alpha value is -1.29. The van der Waals surface area contributed by atoms with E-state index in [0.717, 1.165) is 18.2 Å². The SMILES string of the molecule is Cn1nc(CC2CCCCCC2)c(-c2cccs2)c1N. The van der Waals surface area contributed by atoms with Gasteiger partial charge in [0.05, 0.1) is 11.3 Å². The van der Waals surface area contributed by atoms with Crippen molar-refractivity contribution in [3.8, 4) is 10.4 Å². The maximum atomic E-state index is 6.24. The van der Waals surface area contributed by atoms with Gasteiger partial charge < -0.3 is 5.73 Å². The van der Waals surface area contributed by atoms with Crippen LogP contribution in [0.3, 0.4) is 0 Å². The number of aryl methyl sites for hydroxylation is 1. The lowest BCUT2D eigenvalue weighted by Gasteiger charge is -2.12. The molecule has 0 aromatic carbocycles. The molecular formula is C16H23N3S. The summed E-state index contributed by atoms with van der Waals surface area (Å²) in [4.78, 5) is 1.25. The van der Waals surface area contributed by atoms with Crippen LogP contribution in [0.25, 0.3) is 10.4 Å². The predicted molar refractivity (Wildman–Crippen MR) is 85.8 cm³/mol. The largest absolute Gasteiger partial charge is 0.383 e. The van der Waals surface area contributed by atoms with E-state index in [4.69, 9.17) is 5.73 Å². The van der Waals surface area contributed by atoms with Gasteiger partial charge in [0.2, 0.25) is 0 Å². The number of hydrogen-bond acceptors (Lipinski definition) is 3. The van der Waals surface area contributed by atoms with Gasteiger partial charge in [-0.2, -0.15) is 5.10 Å². The average Bonchev–Trinajstić information content (AvgIpc) is 2.94. The van der Waals surface area contributed by atoms with Crippen LogP contribution in [-0.2, 0) is 13.5 Å². The Morgan fingerprint density at radius 3 is 2.70 bits per heavy atom. The maximum Gasteiger partial charge on any atom is 0.130 e. The van der Waals surface area contributed by atoms with Crippen molar-refractivity contribution in [2.24, 2.45) is 13.0 Å². The highest BCUT2D eigenvalue weighted by molar-refractivity contribution is 7.13. The third-order valence-electron chi connectivity index (χ3n) is 4.39. The summed E-state index contributed by atoms with van der Waals surface area (Å²) in [6, 6.07) is 4.23. The minimum Gasteiger partial charge on any atom is -0.383 e. The number of anilines is 1. The molecule has 0 radical (unpaired) electrons. The fraction of sp³-hybridized carbons (Fsp3) is 0.562. The molecule has 0 atom stereocenters. The molecule has 3 rings (SSSR count). The van der Waals surface area contributed by atoms with Gasteiger partial charge >= 0.3 is 0 Å². The number of aromatic nitrogens is 2. The molecular weight excluding hydrogens is 266 g/mol. The van der Waals surface area contributed by atoms with Crippen molar-refractivity contribution in [2.45, 2.75) is 44.9 Å². The van der Waals surface area contributed by atoms with Gasteiger partial charge in [-0.05, 0) is 23.8 Å². The van der Waals surface area contributed by atoms with Crippen LogP contribution in [0.15, 0.2) is 17.5 Å². The number of nitrogens with two attached hydrogens (primary N) is 1. The lowest BCUT2D eigenvalue weighted by Crippen LogP contribution is -2.05. The monoisotopic (exact) mass is 289 g/mol. The van der Waals surface area contributed by atoms with Crippen molar-refractivity contribution in [1.29, 1.82) is 0 Å². The van der Waals surface area contributed by atoms with E-state index in [0.29, 0.717) is 0 Å². The van der Waals surface area contributed by atoms with E-state index in [1.54, 1.807) is 11.3 Å². The summed E-state index contributed by atoms with van der Waals surface area (Å²) in [5, 5.41) is 6.80. The van der Waals surface area contributed by atoms with Gasteiger partial charge in [0.15, 0.2) is 0 Å². The highest BCUT2D eigenvalue weighted by atomic mass is 32.1. The fourth-order valence-electron chi connectivity index (χ4n) is 3.27. The van der Waals surface area contributed by atoms with Crippen molar-refractivity contribution in [3.05, 3.63) is 23.2 Å². The molecule has 0 unspecified atom stereocenters. The summed E-state index contributed by atoms with van der Waals surface area (Å²) >= 11 is 1.75. The normalized spacial score (nSPS) is 17.2. The van der Waals surface area contributed by atoms with E-state index in [-0.39, 0.29) is 0 Å². The molecule has 0 aliphatic heterocycles. The Kier molecular flexibility index (Phi) is 4.10. The van der Waals surface area contributed by atoms with Crippen LogP contribution in [0.4, 0.5) is 5.82 Å². The average molecular weight is 289 g/mol. The van der Waals surface area contributed by atoms with Crippen LogP contribution in [-0.4, -0.2) is 9.78 Å². The predicted octanol–water partition coefficient (Wildman–Crippen LogP) is 4.24. The molecule has 0 saturated heterocycles. The van der Waals surface area contributed by atoms with Gasteiger partial charge in [-0.1, -0.05) is 44.6 Å². The number of thiophene rings is 1. The van der Waals surface area contributed by atoms with E-state index < -0.39 is 0 Å². The number of rotatable bonds is 3. The summed E-state index contributed by atoms with van der Waals surface area (Å²) in [6.45, 7) is 0. The lowest BCUT2D eigenvalue weighted by molar-refractivity contribution is 0.451. The molecule has 1 aliphatic carbocycles. The summed E-state index contributed by atoms with van der Waals surface area (Å²) in [5.41, 5.74) is 8.60. The first-order valence-electron chi connectivity index (χ1n) is 7.61. The second-order valence-corrected chi connectivity index (χ2v) is 6.82. The summed E-state index contributed by atoms with van der Waals surface area (Å²) in [7, 11) is 1.95. The first-order valence-corrected chi connectivity index (χ1v) is 8.49. The van der Waals surface area contributed by atoms with Crippen LogP contribution in [0.5, 0.6) is 0 Å². The highest BCUT2D eigenvalue weighted by Crippen LogP contribution is 2.35. The molecule has 1 aliphatic rings. The van der Waals surface area contributed by atoms with Gasteiger partial charge in [0.25, 0.3) is 0 Å². The first kappa shape index (κ1) is 13.7. The van der Waals surface area contributed by atoms with E-state index in [2.05, 4.69) is 22.6 Å². The molecule has 108 valence electrons. The molecule has 1 saturated carbocycles. The molecule has 20 heavy (non-hydrogen) atoms. The summed E-state index contributed by atoms with van der Waals surface area (Å²) in [5.74, 6) is 1.58. The van der Waals surface area contributed by atoms with Gasteiger partial charge in [-0.25, -0.2) is 0 Å². The van der Waals surface area contributed by atoms with Crippen LogP contribution < -0.4 is 5.73 Å². The van der Waals surface area contributed by atoms with E-state index in [9.17, 15) is 0 Å². The minimum absolute atomic E-state index is 0.783. The molecule has 3 nitrogen and oxygen atoms in total.